The quantitative estimate of drug-likeness (QED) is 0.895. The number of allylic oxidation sites excluding steroid dienone is 3. The summed E-state index contributed by atoms with van der Waals surface area (Å²) in [5, 5.41) is 11.7. The van der Waals surface area contributed by atoms with Crippen molar-refractivity contribution in [2.75, 3.05) is 0 Å². The van der Waals surface area contributed by atoms with E-state index in [4.69, 9.17) is 0 Å². The first-order valence-corrected chi connectivity index (χ1v) is 7.52. The molecule has 1 heteroatoms. The molecule has 2 aliphatic carbocycles. The Kier molecular flexibility index (Phi) is 2.83. The average molecular weight is 274 g/mol. The molecule has 0 saturated heterocycles. The van der Waals surface area contributed by atoms with Crippen molar-refractivity contribution in [3.8, 4) is 0 Å². The predicted octanol–water partition coefficient (Wildman–Crippen LogP) is 4.05. The zero-order valence-corrected chi connectivity index (χ0v) is 11.8. The van der Waals surface area contributed by atoms with Crippen molar-refractivity contribution in [1.29, 1.82) is 0 Å². The van der Waals surface area contributed by atoms with Gasteiger partial charge in [0.05, 0.1) is 0 Å². The highest BCUT2D eigenvalue weighted by Gasteiger charge is 2.48. The van der Waals surface area contributed by atoms with E-state index in [1.54, 1.807) is 0 Å². The van der Waals surface area contributed by atoms with Crippen LogP contribution >= 0.6 is 0 Å². The zero-order valence-electron chi connectivity index (χ0n) is 11.8. The van der Waals surface area contributed by atoms with Crippen molar-refractivity contribution in [1.82, 2.24) is 0 Å². The molecular weight excluding hydrogens is 256 g/mol. The third-order valence-electron chi connectivity index (χ3n) is 4.67. The topological polar surface area (TPSA) is 20.2 Å². The molecule has 1 saturated carbocycles. The van der Waals surface area contributed by atoms with Crippen molar-refractivity contribution < 1.29 is 5.11 Å². The summed E-state index contributed by atoms with van der Waals surface area (Å²) in [6.45, 7) is 0. The SMILES string of the molecule is OC(C1=CC=CC2CC12)(c1ccccc1)c1ccccc1. The van der Waals surface area contributed by atoms with Crippen LogP contribution in [0.4, 0.5) is 0 Å². The lowest BCUT2D eigenvalue weighted by Gasteiger charge is -2.33. The van der Waals surface area contributed by atoms with Gasteiger partial charge in [0.1, 0.15) is 5.60 Å². The van der Waals surface area contributed by atoms with Gasteiger partial charge in [-0.05, 0) is 35.0 Å². The van der Waals surface area contributed by atoms with Gasteiger partial charge in [-0.25, -0.2) is 0 Å². The Morgan fingerprint density at radius 2 is 1.43 bits per heavy atom. The van der Waals surface area contributed by atoms with E-state index in [2.05, 4.69) is 18.2 Å². The molecule has 0 bridgehead atoms. The van der Waals surface area contributed by atoms with Gasteiger partial charge >= 0.3 is 0 Å². The van der Waals surface area contributed by atoms with Gasteiger partial charge in [0.15, 0.2) is 0 Å². The molecule has 2 atom stereocenters. The van der Waals surface area contributed by atoms with E-state index in [1.807, 2.05) is 60.7 Å². The smallest absolute Gasteiger partial charge is 0.137 e. The fourth-order valence-electron chi connectivity index (χ4n) is 3.46. The normalized spacial score (nSPS) is 23.4. The summed E-state index contributed by atoms with van der Waals surface area (Å²) in [7, 11) is 0. The molecular formula is C20H18O. The zero-order chi connectivity index (χ0) is 14.3. The molecule has 21 heavy (non-hydrogen) atoms. The van der Waals surface area contributed by atoms with Crippen LogP contribution in [-0.4, -0.2) is 5.11 Å². The number of aliphatic hydroxyl groups is 1. The molecule has 0 heterocycles. The number of hydrogen-bond donors (Lipinski definition) is 1. The molecule has 2 unspecified atom stereocenters. The first kappa shape index (κ1) is 12.6. The third kappa shape index (κ3) is 1.97. The van der Waals surface area contributed by atoms with Crippen molar-refractivity contribution in [3.05, 3.63) is 95.6 Å². The molecule has 0 amide bonds. The maximum Gasteiger partial charge on any atom is 0.137 e. The van der Waals surface area contributed by atoms with Crippen molar-refractivity contribution in [2.24, 2.45) is 11.8 Å². The summed E-state index contributed by atoms with van der Waals surface area (Å²) in [6, 6.07) is 20.0. The van der Waals surface area contributed by atoms with E-state index in [9.17, 15) is 5.11 Å². The van der Waals surface area contributed by atoms with Gasteiger partial charge in [0.2, 0.25) is 0 Å². The third-order valence-corrected chi connectivity index (χ3v) is 4.67. The molecule has 1 N–H and O–H groups in total. The molecule has 1 nitrogen and oxygen atoms in total. The van der Waals surface area contributed by atoms with E-state index < -0.39 is 5.60 Å². The Morgan fingerprint density at radius 3 is 2.00 bits per heavy atom. The lowest BCUT2D eigenvalue weighted by atomic mass is 9.76. The van der Waals surface area contributed by atoms with Crippen LogP contribution < -0.4 is 0 Å². The molecule has 104 valence electrons. The highest BCUT2D eigenvalue weighted by molar-refractivity contribution is 5.50. The van der Waals surface area contributed by atoms with Crippen LogP contribution in [0.1, 0.15) is 17.5 Å². The highest BCUT2D eigenvalue weighted by atomic mass is 16.3. The van der Waals surface area contributed by atoms with Crippen LogP contribution in [0.15, 0.2) is 84.5 Å². The fraction of sp³-hybridized carbons (Fsp3) is 0.200. The Labute approximate surface area is 125 Å². The highest BCUT2D eigenvalue weighted by Crippen LogP contribution is 2.54. The van der Waals surface area contributed by atoms with E-state index in [0.717, 1.165) is 23.1 Å². The summed E-state index contributed by atoms with van der Waals surface area (Å²) < 4.78 is 0. The second kappa shape index (κ2) is 4.71. The van der Waals surface area contributed by atoms with Crippen molar-refractivity contribution in [3.63, 3.8) is 0 Å². The monoisotopic (exact) mass is 274 g/mol. The minimum Gasteiger partial charge on any atom is -0.376 e. The molecule has 1 fully saturated rings. The summed E-state index contributed by atoms with van der Waals surface area (Å²) in [4.78, 5) is 0. The van der Waals surface area contributed by atoms with E-state index in [0.29, 0.717) is 11.8 Å². The lowest BCUT2D eigenvalue weighted by Crippen LogP contribution is -2.31. The van der Waals surface area contributed by atoms with Crippen molar-refractivity contribution >= 4 is 0 Å². The summed E-state index contributed by atoms with van der Waals surface area (Å²) in [6.07, 6.45) is 7.61. The van der Waals surface area contributed by atoms with E-state index in [-0.39, 0.29) is 0 Å². The van der Waals surface area contributed by atoms with Gasteiger partial charge < -0.3 is 5.11 Å². The molecule has 2 aromatic rings. The minimum absolute atomic E-state index is 0.486. The maximum absolute atomic E-state index is 11.7. The molecule has 0 radical (unpaired) electrons. The largest absolute Gasteiger partial charge is 0.376 e. The molecule has 0 spiro atoms. The van der Waals surface area contributed by atoms with E-state index in [1.165, 1.54) is 0 Å². The van der Waals surface area contributed by atoms with Gasteiger partial charge in [-0.1, -0.05) is 78.9 Å². The van der Waals surface area contributed by atoms with Crippen LogP contribution in [0.2, 0.25) is 0 Å². The van der Waals surface area contributed by atoms with Gasteiger partial charge in [-0.3, -0.25) is 0 Å². The summed E-state index contributed by atoms with van der Waals surface area (Å²) in [5.41, 5.74) is 2.01. The van der Waals surface area contributed by atoms with E-state index >= 15 is 0 Å². The number of fused-ring (bicyclic) bond motifs is 1. The number of hydrogen-bond acceptors (Lipinski definition) is 1. The van der Waals surface area contributed by atoms with Gasteiger partial charge in [-0.15, -0.1) is 0 Å². The van der Waals surface area contributed by atoms with Crippen LogP contribution in [-0.2, 0) is 5.60 Å². The van der Waals surface area contributed by atoms with Crippen LogP contribution in [0, 0.1) is 11.8 Å². The van der Waals surface area contributed by atoms with Gasteiger partial charge in [-0.2, -0.15) is 0 Å². The standard InChI is InChI=1S/C20H18O/c21-20(16-9-3-1-4-10-16,17-11-5-2-6-12-17)19-13-7-8-15-14-18(15)19/h1-13,15,18,21H,14H2. The molecule has 4 rings (SSSR count). The van der Waals surface area contributed by atoms with Crippen molar-refractivity contribution in [2.45, 2.75) is 12.0 Å². The molecule has 0 aliphatic heterocycles. The molecule has 2 aromatic carbocycles. The minimum atomic E-state index is -1.02. The second-order valence-corrected chi connectivity index (χ2v) is 5.96. The number of rotatable bonds is 3. The Morgan fingerprint density at radius 1 is 0.857 bits per heavy atom. The first-order valence-electron chi connectivity index (χ1n) is 7.52. The van der Waals surface area contributed by atoms with Gasteiger partial charge in [0, 0.05) is 0 Å². The maximum atomic E-state index is 11.7. The van der Waals surface area contributed by atoms with Crippen LogP contribution in [0.25, 0.3) is 0 Å². The summed E-state index contributed by atoms with van der Waals surface area (Å²) in [5.74, 6) is 1.10. The Balaban J connectivity index is 1.91. The first-order chi connectivity index (χ1) is 10.3. The summed E-state index contributed by atoms with van der Waals surface area (Å²) >= 11 is 0. The second-order valence-electron chi connectivity index (χ2n) is 5.96. The molecule has 2 aliphatic rings. The Bertz CT molecular complexity index is 658. The van der Waals surface area contributed by atoms with Crippen LogP contribution in [0.5, 0.6) is 0 Å². The lowest BCUT2D eigenvalue weighted by molar-refractivity contribution is 0.114. The predicted molar refractivity (Wildman–Crippen MR) is 84.7 cm³/mol. The Hall–Kier alpha value is -2.12. The van der Waals surface area contributed by atoms with Crippen LogP contribution in [0.3, 0.4) is 0 Å². The van der Waals surface area contributed by atoms with Gasteiger partial charge in [0.25, 0.3) is 0 Å². The number of benzene rings is 2. The fourth-order valence-corrected chi connectivity index (χ4v) is 3.46. The average Bonchev–Trinajstić information content (AvgIpc) is 3.35. The molecule has 0 aromatic heterocycles.